The highest BCUT2D eigenvalue weighted by Gasteiger charge is 2.20. The van der Waals surface area contributed by atoms with E-state index < -0.39 is 0 Å². The average molecular weight is 373 g/mol. The minimum Gasteiger partial charge on any atom is -0.493 e. The Hall–Kier alpha value is -2.04. The van der Waals surface area contributed by atoms with E-state index in [-0.39, 0.29) is 5.91 Å². The second kappa shape index (κ2) is 8.11. The molecule has 1 N–H and O–H groups in total. The first-order chi connectivity index (χ1) is 12.5. The minimum atomic E-state index is -0.190. The average Bonchev–Trinajstić information content (AvgIpc) is 2.62. The molecule has 2 aromatic carbocycles. The van der Waals surface area contributed by atoms with E-state index in [0.717, 1.165) is 37.2 Å². The van der Waals surface area contributed by atoms with Crippen LogP contribution in [0.3, 0.4) is 0 Å². The Balaban J connectivity index is 1.92. The van der Waals surface area contributed by atoms with Gasteiger partial charge in [0, 0.05) is 23.8 Å². The topological polar surface area (TPSA) is 41.6 Å². The first kappa shape index (κ1) is 18.7. The molecule has 0 saturated carbocycles. The predicted octanol–water partition coefficient (Wildman–Crippen LogP) is 4.54. The van der Waals surface area contributed by atoms with Crippen LogP contribution in [0.25, 0.3) is 0 Å². The molecule has 2 aromatic rings. The fraction of sp³-hybridized carbons (Fsp3) is 0.381. The molecule has 1 amide bonds. The SMILES string of the molecule is CCOc1cc(CC)c(Cl)cc1C(=O)Nc1cccc2c1CCN(C)C2. The van der Waals surface area contributed by atoms with Crippen molar-refractivity contribution in [1.82, 2.24) is 4.90 Å². The Bertz CT molecular complexity index is 820. The van der Waals surface area contributed by atoms with E-state index in [1.54, 1.807) is 6.07 Å². The zero-order chi connectivity index (χ0) is 18.7. The number of fused-ring (bicyclic) bond motifs is 1. The molecule has 0 unspecified atom stereocenters. The minimum absolute atomic E-state index is 0.190. The van der Waals surface area contributed by atoms with Gasteiger partial charge in [0.2, 0.25) is 0 Å². The van der Waals surface area contributed by atoms with Gasteiger partial charge < -0.3 is 15.0 Å². The molecule has 5 heteroatoms. The van der Waals surface area contributed by atoms with Crippen molar-refractivity contribution in [2.45, 2.75) is 33.2 Å². The Morgan fingerprint density at radius 2 is 2.12 bits per heavy atom. The van der Waals surface area contributed by atoms with Crippen molar-refractivity contribution in [3.8, 4) is 5.75 Å². The maximum absolute atomic E-state index is 13.0. The van der Waals surface area contributed by atoms with Gasteiger partial charge in [0.25, 0.3) is 5.91 Å². The number of ether oxygens (including phenoxy) is 1. The lowest BCUT2D eigenvalue weighted by atomic mass is 9.98. The van der Waals surface area contributed by atoms with Gasteiger partial charge in [-0.3, -0.25) is 4.79 Å². The molecule has 0 aromatic heterocycles. The van der Waals surface area contributed by atoms with Crippen LogP contribution >= 0.6 is 11.6 Å². The number of hydrogen-bond donors (Lipinski definition) is 1. The Morgan fingerprint density at radius 3 is 2.85 bits per heavy atom. The van der Waals surface area contributed by atoms with Crippen molar-refractivity contribution in [2.75, 3.05) is 25.5 Å². The van der Waals surface area contributed by atoms with E-state index in [2.05, 4.69) is 23.3 Å². The van der Waals surface area contributed by atoms with Gasteiger partial charge in [0.05, 0.1) is 12.2 Å². The maximum atomic E-state index is 13.0. The number of nitrogens with zero attached hydrogens (tertiary/aromatic N) is 1. The zero-order valence-electron chi connectivity index (χ0n) is 15.6. The van der Waals surface area contributed by atoms with Crippen LogP contribution in [0.5, 0.6) is 5.75 Å². The molecule has 1 aliphatic heterocycles. The zero-order valence-corrected chi connectivity index (χ0v) is 16.3. The van der Waals surface area contributed by atoms with E-state index in [1.807, 2.05) is 32.0 Å². The first-order valence-electron chi connectivity index (χ1n) is 9.09. The summed E-state index contributed by atoms with van der Waals surface area (Å²) in [7, 11) is 2.11. The number of benzene rings is 2. The van der Waals surface area contributed by atoms with Crippen molar-refractivity contribution in [3.63, 3.8) is 0 Å². The lowest BCUT2D eigenvalue weighted by Gasteiger charge is -2.27. The third kappa shape index (κ3) is 3.87. The summed E-state index contributed by atoms with van der Waals surface area (Å²) in [5.74, 6) is 0.390. The van der Waals surface area contributed by atoms with Gasteiger partial charge in [-0.05, 0) is 61.7 Å². The van der Waals surface area contributed by atoms with Gasteiger partial charge in [-0.1, -0.05) is 30.7 Å². The number of carbonyl (C=O) groups is 1. The van der Waals surface area contributed by atoms with Crippen molar-refractivity contribution in [3.05, 3.63) is 57.6 Å². The quantitative estimate of drug-likeness (QED) is 0.837. The second-order valence-corrected chi connectivity index (χ2v) is 7.02. The molecule has 1 heterocycles. The van der Waals surface area contributed by atoms with E-state index in [1.165, 1.54) is 11.1 Å². The van der Waals surface area contributed by atoms with Crippen molar-refractivity contribution < 1.29 is 9.53 Å². The van der Waals surface area contributed by atoms with Gasteiger partial charge in [-0.15, -0.1) is 0 Å². The number of anilines is 1. The third-order valence-corrected chi connectivity index (χ3v) is 5.13. The number of nitrogens with one attached hydrogen (secondary N) is 1. The normalized spacial score (nSPS) is 14.0. The van der Waals surface area contributed by atoms with Crippen LogP contribution in [0.1, 0.15) is 40.9 Å². The smallest absolute Gasteiger partial charge is 0.259 e. The molecule has 0 radical (unpaired) electrons. The lowest BCUT2D eigenvalue weighted by Crippen LogP contribution is -2.27. The molecule has 0 atom stereocenters. The fourth-order valence-electron chi connectivity index (χ4n) is 3.38. The van der Waals surface area contributed by atoms with Gasteiger partial charge in [-0.25, -0.2) is 0 Å². The number of amides is 1. The molecule has 138 valence electrons. The summed E-state index contributed by atoms with van der Waals surface area (Å²) < 4.78 is 5.69. The van der Waals surface area contributed by atoms with Gasteiger partial charge >= 0.3 is 0 Å². The Kier molecular flexibility index (Phi) is 5.84. The van der Waals surface area contributed by atoms with E-state index >= 15 is 0 Å². The molecule has 1 aliphatic rings. The van der Waals surface area contributed by atoms with E-state index in [4.69, 9.17) is 16.3 Å². The summed E-state index contributed by atoms with van der Waals surface area (Å²) in [5.41, 5.74) is 4.80. The van der Waals surface area contributed by atoms with Crippen molar-refractivity contribution in [1.29, 1.82) is 0 Å². The summed E-state index contributed by atoms with van der Waals surface area (Å²) in [6.45, 7) is 6.33. The van der Waals surface area contributed by atoms with Crippen molar-refractivity contribution in [2.24, 2.45) is 0 Å². The molecule has 0 saturated heterocycles. The number of aryl methyl sites for hydroxylation is 1. The lowest BCUT2D eigenvalue weighted by molar-refractivity contribution is 0.102. The number of rotatable bonds is 5. The molecular weight excluding hydrogens is 348 g/mol. The molecule has 0 fully saturated rings. The van der Waals surface area contributed by atoms with Crippen LogP contribution in [0.15, 0.2) is 30.3 Å². The largest absolute Gasteiger partial charge is 0.493 e. The van der Waals surface area contributed by atoms with Gasteiger partial charge in [-0.2, -0.15) is 0 Å². The van der Waals surface area contributed by atoms with Gasteiger partial charge in [0.15, 0.2) is 0 Å². The van der Waals surface area contributed by atoms with Gasteiger partial charge in [0.1, 0.15) is 5.75 Å². The van der Waals surface area contributed by atoms with Crippen LogP contribution in [-0.4, -0.2) is 31.0 Å². The predicted molar refractivity (Wildman–Crippen MR) is 106 cm³/mol. The Labute approximate surface area is 160 Å². The Morgan fingerprint density at radius 1 is 1.31 bits per heavy atom. The fourth-order valence-corrected chi connectivity index (χ4v) is 3.67. The highest BCUT2D eigenvalue weighted by atomic mass is 35.5. The third-order valence-electron chi connectivity index (χ3n) is 4.78. The van der Waals surface area contributed by atoms with E-state index in [9.17, 15) is 4.79 Å². The summed E-state index contributed by atoms with van der Waals surface area (Å²) >= 11 is 6.34. The van der Waals surface area contributed by atoms with Crippen LogP contribution in [0.4, 0.5) is 5.69 Å². The van der Waals surface area contributed by atoms with E-state index in [0.29, 0.717) is 22.9 Å². The van der Waals surface area contributed by atoms with Crippen LogP contribution in [0, 0.1) is 0 Å². The molecular formula is C21H25ClN2O2. The highest BCUT2D eigenvalue weighted by molar-refractivity contribution is 6.32. The standard InChI is InChI=1S/C21H25ClN2O2/c1-4-14-11-20(26-5-2)17(12-18(14)22)21(25)23-19-8-6-7-15-13-24(3)10-9-16(15)19/h6-8,11-12H,4-5,9-10,13H2,1-3H3,(H,23,25). The summed E-state index contributed by atoms with van der Waals surface area (Å²) in [6, 6.07) is 9.66. The van der Waals surface area contributed by atoms with Crippen LogP contribution in [0.2, 0.25) is 5.02 Å². The number of hydrogen-bond acceptors (Lipinski definition) is 3. The number of halogens is 1. The second-order valence-electron chi connectivity index (χ2n) is 6.61. The molecule has 0 aliphatic carbocycles. The summed E-state index contributed by atoms with van der Waals surface area (Å²) in [5, 5.41) is 3.66. The molecule has 26 heavy (non-hydrogen) atoms. The summed E-state index contributed by atoms with van der Waals surface area (Å²) in [4.78, 5) is 15.2. The number of likely N-dealkylation sites (N-methyl/N-ethyl adjacent to an activating group) is 1. The maximum Gasteiger partial charge on any atom is 0.259 e. The molecule has 4 nitrogen and oxygen atoms in total. The first-order valence-corrected chi connectivity index (χ1v) is 9.47. The highest BCUT2D eigenvalue weighted by Crippen LogP contribution is 2.30. The molecule has 0 bridgehead atoms. The monoisotopic (exact) mass is 372 g/mol. The molecule has 0 spiro atoms. The summed E-state index contributed by atoms with van der Waals surface area (Å²) in [6.07, 6.45) is 1.72. The number of carbonyl (C=O) groups excluding carboxylic acids is 1. The van der Waals surface area contributed by atoms with Crippen LogP contribution in [-0.2, 0) is 19.4 Å². The molecule has 3 rings (SSSR count). The van der Waals surface area contributed by atoms with Crippen molar-refractivity contribution >= 4 is 23.2 Å². The van der Waals surface area contributed by atoms with Crippen LogP contribution < -0.4 is 10.1 Å².